The lowest BCUT2D eigenvalue weighted by molar-refractivity contribution is 0.592. The number of hydrogen-bond donors (Lipinski definition) is 0. The van der Waals surface area contributed by atoms with Crippen molar-refractivity contribution in [1.29, 1.82) is 0 Å². The van der Waals surface area contributed by atoms with Crippen LogP contribution in [0.15, 0.2) is 42.5 Å². The van der Waals surface area contributed by atoms with E-state index in [1.54, 1.807) is 0 Å². The number of benzene rings is 1. The van der Waals surface area contributed by atoms with Crippen molar-refractivity contribution in [3.63, 3.8) is 0 Å². The summed E-state index contributed by atoms with van der Waals surface area (Å²) in [4.78, 5) is 0. The van der Waals surface area contributed by atoms with Gasteiger partial charge in [0.05, 0.1) is 0 Å². The zero-order valence-electron chi connectivity index (χ0n) is 11.3. The van der Waals surface area contributed by atoms with Crippen LogP contribution in [0.25, 0.3) is 11.3 Å². The van der Waals surface area contributed by atoms with Gasteiger partial charge in [0.15, 0.2) is 0 Å². The van der Waals surface area contributed by atoms with Crippen LogP contribution in [0.4, 0.5) is 0 Å². The molecule has 3 rings (SSSR count). The van der Waals surface area contributed by atoms with Gasteiger partial charge >= 0.3 is 0 Å². The first kappa shape index (κ1) is 11.6. The summed E-state index contributed by atoms with van der Waals surface area (Å²) in [6.07, 6.45) is 2.81. The molecule has 0 atom stereocenters. The fraction of sp³-hybridized carbons (Fsp3) is 0.412. The molecule has 0 saturated heterocycles. The van der Waals surface area contributed by atoms with E-state index in [0.29, 0.717) is 5.92 Å². The van der Waals surface area contributed by atoms with Crippen molar-refractivity contribution in [1.82, 2.24) is 4.57 Å². The van der Waals surface area contributed by atoms with Gasteiger partial charge < -0.3 is 4.57 Å². The lowest BCUT2D eigenvalue weighted by Gasteiger charge is -2.15. The summed E-state index contributed by atoms with van der Waals surface area (Å²) in [7, 11) is 0. The van der Waals surface area contributed by atoms with E-state index >= 15 is 0 Å². The van der Waals surface area contributed by atoms with Crippen LogP contribution in [-0.2, 0) is 6.54 Å². The van der Waals surface area contributed by atoms with Crippen molar-refractivity contribution in [2.45, 2.75) is 39.2 Å². The van der Waals surface area contributed by atoms with Gasteiger partial charge in [-0.15, -0.1) is 0 Å². The van der Waals surface area contributed by atoms with Crippen LogP contribution in [0.1, 0.15) is 38.3 Å². The first-order chi connectivity index (χ1) is 8.75. The molecule has 1 saturated carbocycles. The number of aromatic nitrogens is 1. The molecule has 1 aliphatic rings. The number of hydrogen-bond acceptors (Lipinski definition) is 0. The zero-order valence-corrected chi connectivity index (χ0v) is 11.3. The first-order valence-electron chi connectivity index (χ1n) is 7.00. The second kappa shape index (κ2) is 4.64. The molecule has 0 radical (unpaired) electrons. The lowest BCUT2D eigenvalue weighted by Crippen LogP contribution is -2.07. The van der Waals surface area contributed by atoms with Crippen molar-refractivity contribution in [2.75, 3.05) is 0 Å². The Morgan fingerprint density at radius 2 is 1.78 bits per heavy atom. The van der Waals surface area contributed by atoms with Crippen molar-refractivity contribution in [2.24, 2.45) is 5.92 Å². The molecule has 1 aliphatic carbocycles. The third-order valence-electron chi connectivity index (χ3n) is 3.81. The van der Waals surface area contributed by atoms with Gasteiger partial charge in [0, 0.05) is 17.9 Å². The Bertz CT molecular complexity index is 518. The van der Waals surface area contributed by atoms with E-state index in [-0.39, 0.29) is 0 Å². The van der Waals surface area contributed by atoms with Crippen molar-refractivity contribution in [3.05, 3.63) is 48.2 Å². The SMILES string of the molecule is CC(C)c1ccc(-c2ccccc2)n1CC1CC1. The lowest BCUT2D eigenvalue weighted by atomic mass is 10.1. The summed E-state index contributed by atoms with van der Waals surface area (Å²) in [5.74, 6) is 1.51. The molecule has 0 aliphatic heterocycles. The Labute approximate surface area is 109 Å². The minimum Gasteiger partial charge on any atom is -0.344 e. The number of nitrogens with zero attached hydrogens (tertiary/aromatic N) is 1. The molecule has 1 heteroatoms. The molecular formula is C17H21N. The Morgan fingerprint density at radius 1 is 1.06 bits per heavy atom. The second-order valence-electron chi connectivity index (χ2n) is 5.72. The van der Waals surface area contributed by atoms with Crippen LogP contribution < -0.4 is 0 Å². The smallest absolute Gasteiger partial charge is 0.0482 e. The molecule has 0 amide bonds. The molecule has 0 unspecified atom stereocenters. The topological polar surface area (TPSA) is 4.93 Å². The molecule has 1 aromatic carbocycles. The van der Waals surface area contributed by atoms with Gasteiger partial charge in [-0.05, 0) is 42.4 Å². The monoisotopic (exact) mass is 239 g/mol. The maximum atomic E-state index is 2.54. The van der Waals surface area contributed by atoms with Gasteiger partial charge in [-0.3, -0.25) is 0 Å². The largest absolute Gasteiger partial charge is 0.344 e. The fourth-order valence-electron chi connectivity index (χ4n) is 2.61. The molecule has 0 spiro atoms. The van der Waals surface area contributed by atoms with E-state index in [4.69, 9.17) is 0 Å². The summed E-state index contributed by atoms with van der Waals surface area (Å²) in [5.41, 5.74) is 4.19. The summed E-state index contributed by atoms with van der Waals surface area (Å²) in [6, 6.07) is 15.3. The van der Waals surface area contributed by atoms with Crippen LogP contribution in [-0.4, -0.2) is 4.57 Å². The standard InChI is InChI=1S/C17H21N/c1-13(2)16-10-11-17(15-6-4-3-5-7-15)18(16)12-14-8-9-14/h3-7,10-11,13-14H,8-9,12H2,1-2H3. The Balaban J connectivity index is 2.02. The Morgan fingerprint density at radius 3 is 2.39 bits per heavy atom. The second-order valence-corrected chi connectivity index (χ2v) is 5.72. The highest BCUT2D eigenvalue weighted by Crippen LogP contribution is 2.35. The van der Waals surface area contributed by atoms with Crippen LogP contribution in [0.5, 0.6) is 0 Å². The zero-order chi connectivity index (χ0) is 12.5. The van der Waals surface area contributed by atoms with E-state index in [0.717, 1.165) is 5.92 Å². The minimum atomic E-state index is 0.598. The van der Waals surface area contributed by atoms with Gasteiger partial charge in [-0.1, -0.05) is 44.2 Å². The van der Waals surface area contributed by atoms with Crippen LogP contribution in [0, 0.1) is 5.92 Å². The average molecular weight is 239 g/mol. The normalized spacial score (nSPS) is 15.3. The Hall–Kier alpha value is -1.50. The molecule has 94 valence electrons. The minimum absolute atomic E-state index is 0.598. The fourth-order valence-corrected chi connectivity index (χ4v) is 2.61. The average Bonchev–Trinajstić information content (AvgIpc) is 3.08. The van der Waals surface area contributed by atoms with Crippen molar-refractivity contribution >= 4 is 0 Å². The molecule has 1 nitrogen and oxygen atoms in total. The molecule has 1 aromatic heterocycles. The highest BCUT2D eigenvalue weighted by molar-refractivity contribution is 5.61. The predicted molar refractivity (Wildman–Crippen MR) is 76.7 cm³/mol. The van der Waals surface area contributed by atoms with Gasteiger partial charge in [-0.25, -0.2) is 0 Å². The van der Waals surface area contributed by atoms with E-state index in [9.17, 15) is 0 Å². The van der Waals surface area contributed by atoms with Crippen LogP contribution in [0.2, 0.25) is 0 Å². The van der Waals surface area contributed by atoms with Gasteiger partial charge in [0.25, 0.3) is 0 Å². The molecular weight excluding hydrogens is 218 g/mol. The van der Waals surface area contributed by atoms with Gasteiger partial charge in [0.1, 0.15) is 0 Å². The third-order valence-corrected chi connectivity index (χ3v) is 3.81. The van der Waals surface area contributed by atoms with Gasteiger partial charge in [0.2, 0.25) is 0 Å². The predicted octanol–water partition coefficient (Wildman–Crippen LogP) is 4.69. The van der Waals surface area contributed by atoms with Crippen molar-refractivity contribution < 1.29 is 0 Å². The highest BCUT2D eigenvalue weighted by Gasteiger charge is 2.24. The van der Waals surface area contributed by atoms with Crippen molar-refractivity contribution in [3.8, 4) is 11.3 Å². The molecule has 1 fully saturated rings. The van der Waals surface area contributed by atoms with E-state index in [1.165, 1.54) is 36.3 Å². The van der Waals surface area contributed by atoms with Gasteiger partial charge in [-0.2, -0.15) is 0 Å². The molecule has 2 aromatic rings. The van der Waals surface area contributed by atoms with Crippen LogP contribution in [0.3, 0.4) is 0 Å². The summed E-state index contributed by atoms with van der Waals surface area (Å²) in [5, 5.41) is 0. The van der Waals surface area contributed by atoms with E-state index < -0.39 is 0 Å². The maximum absolute atomic E-state index is 2.54. The quantitative estimate of drug-likeness (QED) is 0.729. The first-order valence-corrected chi connectivity index (χ1v) is 7.00. The molecule has 0 bridgehead atoms. The molecule has 18 heavy (non-hydrogen) atoms. The summed E-state index contributed by atoms with van der Waals surface area (Å²) >= 11 is 0. The van der Waals surface area contributed by atoms with E-state index in [2.05, 4.69) is 60.9 Å². The summed E-state index contributed by atoms with van der Waals surface area (Å²) < 4.78 is 2.54. The molecule has 0 N–H and O–H groups in total. The maximum Gasteiger partial charge on any atom is 0.0482 e. The summed E-state index contributed by atoms with van der Waals surface area (Å²) in [6.45, 7) is 5.77. The van der Waals surface area contributed by atoms with E-state index in [1.807, 2.05) is 0 Å². The molecule has 1 heterocycles. The number of rotatable bonds is 4. The van der Waals surface area contributed by atoms with Crippen LogP contribution >= 0.6 is 0 Å². The highest BCUT2D eigenvalue weighted by atomic mass is 15.0. The Kier molecular flexibility index (Phi) is 2.99. The third kappa shape index (κ3) is 2.22.